The summed E-state index contributed by atoms with van der Waals surface area (Å²) in [6.07, 6.45) is 0.729. The van der Waals surface area contributed by atoms with Crippen LogP contribution >= 0.6 is 0 Å². The zero-order chi connectivity index (χ0) is 13.5. The first-order valence-corrected chi connectivity index (χ1v) is 7.23. The molecular formula is C12H18N2O3S. The minimum absolute atomic E-state index is 0.0630. The van der Waals surface area contributed by atoms with Crippen molar-refractivity contribution in [3.05, 3.63) is 34.4 Å². The van der Waals surface area contributed by atoms with Crippen LogP contribution < -0.4 is 5.32 Å². The molecule has 2 atom stereocenters. The highest BCUT2D eigenvalue weighted by molar-refractivity contribution is 7.85. The Morgan fingerprint density at radius 2 is 2.11 bits per heavy atom. The molecule has 1 rings (SSSR count). The van der Waals surface area contributed by atoms with Gasteiger partial charge in [0.1, 0.15) is 4.90 Å². The van der Waals surface area contributed by atoms with Gasteiger partial charge in [0.25, 0.3) is 5.69 Å². The second kappa shape index (κ2) is 7.23. The van der Waals surface area contributed by atoms with Gasteiger partial charge in [-0.2, -0.15) is 0 Å². The fourth-order valence-electron chi connectivity index (χ4n) is 1.64. The normalized spacial score (nSPS) is 14.1. The number of hydrogen-bond donors (Lipinski definition) is 1. The van der Waals surface area contributed by atoms with Crippen LogP contribution in [0.1, 0.15) is 20.3 Å². The maximum Gasteiger partial charge on any atom is 0.285 e. The molecule has 0 radical (unpaired) electrons. The molecule has 0 aliphatic heterocycles. The van der Waals surface area contributed by atoms with Crippen molar-refractivity contribution in [3.63, 3.8) is 0 Å². The molecule has 1 N–H and O–H groups in total. The van der Waals surface area contributed by atoms with E-state index >= 15 is 0 Å². The molecule has 100 valence electrons. The molecule has 1 aromatic rings. The molecule has 5 nitrogen and oxygen atoms in total. The summed E-state index contributed by atoms with van der Waals surface area (Å²) in [6.45, 7) is 4.88. The summed E-state index contributed by atoms with van der Waals surface area (Å²) < 4.78 is 12.1. The van der Waals surface area contributed by atoms with E-state index in [1.54, 1.807) is 18.2 Å². The van der Waals surface area contributed by atoms with Gasteiger partial charge in [-0.05, 0) is 26.0 Å². The van der Waals surface area contributed by atoms with Crippen LogP contribution in [-0.4, -0.2) is 27.5 Å². The van der Waals surface area contributed by atoms with Crippen molar-refractivity contribution in [3.8, 4) is 0 Å². The van der Waals surface area contributed by atoms with Crippen LogP contribution in [0.2, 0.25) is 0 Å². The van der Waals surface area contributed by atoms with E-state index in [0.717, 1.165) is 13.0 Å². The zero-order valence-electron chi connectivity index (χ0n) is 10.6. The number of rotatable bonds is 7. The molecule has 0 spiro atoms. The first-order valence-electron chi connectivity index (χ1n) is 5.91. The van der Waals surface area contributed by atoms with Crippen molar-refractivity contribution in [2.45, 2.75) is 31.2 Å². The van der Waals surface area contributed by atoms with Gasteiger partial charge in [0.15, 0.2) is 0 Å². The average molecular weight is 270 g/mol. The van der Waals surface area contributed by atoms with Crippen molar-refractivity contribution < 1.29 is 9.13 Å². The van der Waals surface area contributed by atoms with Crippen molar-refractivity contribution in [2.75, 3.05) is 12.3 Å². The monoisotopic (exact) mass is 270 g/mol. The fourth-order valence-corrected chi connectivity index (χ4v) is 3.04. The number of nitro groups is 1. The van der Waals surface area contributed by atoms with Crippen LogP contribution in [-0.2, 0) is 10.8 Å². The van der Waals surface area contributed by atoms with E-state index < -0.39 is 15.7 Å². The second-order valence-electron chi connectivity index (χ2n) is 4.02. The molecule has 0 saturated heterocycles. The number of nitro benzene ring substituents is 1. The molecule has 0 amide bonds. The van der Waals surface area contributed by atoms with E-state index in [4.69, 9.17) is 0 Å². The van der Waals surface area contributed by atoms with Crippen molar-refractivity contribution in [1.29, 1.82) is 0 Å². The van der Waals surface area contributed by atoms with Gasteiger partial charge in [-0.1, -0.05) is 19.1 Å². The summed E-state index contributed by atoms with van der Waals surface area (Å²) >= 11 is 0. The first-order chi connectivity index (χ1) is 8.56. The van der Waals surface area contributed by atoms with Gasteiger partial charge in [-0.15, -0.1) is 0 Å². The summed E-state index contributed by atoms with van der Waals surface area (Å²) in [7, 11) is -1.32. The molecule has 6 heteroatoms. The first kappa shape index (κ1) is 14.8. The number of hydrogen-bond acceptors (Lipinski definition) is 4. The van der Waals surface area contributed by atoms with Gasteiger partial charge in [-0.25, -0.2) is 0 Å². The minimum atomic E-state index is -1.32. The molecule has 0 aliphatic carbocycles. The number of nitrogens with zero attached hydrogens (tertiary/aromatic N) is 1. The molecule has 0 saturated carbocycles. The Labute approximate surface area is 109 Å². The largest absolute Gasteiger partial charge is 0.315 e. The lowest BCUT2D eigenvalue weighted by atomic mass is 10.3. The van der Waals surface area contributed by atoms with Gasteiger partial charge >= 0.3 is 0 Å². The van der Waals surface area contributed by atoms with Crippen LogP contribution in [0, 0.1) is 10.1 Å². The van der Waals surface area contributed by atoms with Crippen LogP contribution in [0.4, 0.5) is 5.69 Å². The van der Waals surface area contributed by atoms with Crippen LogP contribution in [0.15, 0.2) is 29.2 Å². The third kappa shape index (κ3) is 4.19. The maximum atomic E-state index is 12.1. The molecule has 1 aromatic carbocycles. The Balaban J connectivity index is 2.70. The fraction of sp³-hybridized carbons (Fsp3) is 0.500. The zero-order valence-corrected chi connectivity index (χ0v) is 11.4. The minimum Gasteiger partial charge on any atom is -0.315 e. The summed E-state index contributed by atoms with van der Waals surface area (Å²) in [6, 6.07) is 6.47. The average Bonchev–Trinajstić information content (AvgIpc) is 2.36. The predicted octanol–water partition coefficient (Wildman–Crippen LogP) is 2.09. The van der Waals surface area contributed by atoms with Gasteiger partial charge < -0.3 is 5.32 Å². The van der Waals surface area contributed by atoms with E-state index in [2.05, 4.69) is 5.32 Å². The van der Waals surface area contributed by atoms with Gasteiger partial charge in [-0.3, -0.25) is 14.3 Å². The summed E-state index contributed by atoms with van der Waals surface area (Å²) in [4.78, 5) is 10.7. The second-order valence-corrected chi connectivity index (χ2v) is 5.56. The third-order valence-electron chi connectivity index (χ3n) is 2.60. The topological polar surface area (TPSA) is 72.2 Å². The molecule has 2 unspecified atom stereocenters. The molecule has 18 heavy (non-hydrogen) atoms. The van der Waals surface area contributed by atoms with Gasteiger partial charge in [0.2, 0.25) is 0 Å². The number of nitrogens with one attached hydrogen (secondary N) is 1. The number of benzene rings is 1. The van der Waals surface area contributed by atoms with Gasteiger partial charge in [0, 0.05) is 17.9 Å². The maximum absolute atomic E-state index is 12.1. The highest BCUT2D eigenvalue weighted by atomic mass is 32.2. The third-order valence-corrected chi connectivity index (χ3v) is 4.04. The molecule has 0 bridgehead atoms. The molecular weight excluding hydrogens is 252 g/mol. The van der Waals surface area contributed by atoms with Crippen molar-refractivity contribution in [2.24, 2.45) is 0 Å². The molecule has 0 aromatic heterocycles. The number of para-hydroxylation sites is 1. The summed E-state index contributed by atoms with van der Waals surface area (Å²) in [5.41, 5.74) is -0.0630. The Hall–Kier alpha value is -1.27. The van der Waals surface area contributed by atoms with E-state index in [1.165, 1.54) is 6.07 Å². The lowest BCUT2D eigenvalue weighted by Gasteiger charge is -2.11. The van der Waals surface area contributed by atoms with Crippen LogP contribution in [0.5, 0.6) is 0 Å². The lowest BCUT2D eigenvalue weighted by molar-refractivity contribution is -0.387. The summed E-state index contributed by atoms with van der Waals surface area (Å²) in [5, 5.41) is 14.0. The Morgan fingerprint density at radius 3 is 2.72 bits per heavy atom. The SMILES string of the molecule is CCNC(C)CCS(=O)c1ccccc1[N+](=O)[O-]. The molecule has 0 fully saturated rings. The molecule has 0 aliphatic rings. The predicted molar refractivity (Wildman–Crippen MR) is 72.1 cm³/mol. The highest BCUT2D eigenvalue weighted by Crippen LogP contribution is 2.21. The van der Waals surface area contributed by atoms with Gasteiger partial charge in [0.05, 0.1) is 15.7 Å². The van der Waals surface area contributed by atoms with E-state index in [-0.39, 0.29) is 11.7 Å². The summed E-state index contributed by atoms with van der Waals surface area (Å²) in [5.74, 6) is 0.430. The Morgan fingerprint density at radius 1 is 1.44 bits per heavy atom. The Bertz CT molecular complexity index is 437. The Kier molecular flexibility index (Phi) is 5.94. The highest BCUT2D eigenvalue weighted by Gasteiger charge is 2.18. The van der Waals surface area contributed by atoms with E-state index in [1.807, 2.05) is 13.8 Å². The molecule has 0 heterocycles. The lowest BCUT2D eigenvalue weighted by Crippen LogP contribution is -2.27. The van der Waals surface area contributed by atoms with Crippen molar-refractivity contribution in [1.82, 2.24) is 5.32 Å². The van der Waals surface area contributed by atoms with Crippen molar-refractivity contribution >= 4 is 16.5 Å². The van der Waals surface area contributed by atoms with Crippen LogP contribution in [0.3, 0.4) is 0 Å². The van der Waals surface area contributed by atoms with E-state index in [9.17, 15) is 14.3 Å². The quantitative estimate of drug-likeness (QED) is 0.608. The smallest absolute Gasteiger partial charge is 0.285 e. The van der Waals surface area contributed by atoms with Crippen LogP contribution in [0.25, 0.3) is 0 Å². The standard InChI is InChI=1S/C12H18N2O3S/c1-3-13-10(2)8-9-18(17)12-7-5-4-6-11(12)14(15)16/h4-7,10,13H,3,8-9H2,1-2H3. The van der Waals surface area contributed by atoms with E-state index in [0.29, 0.717) is 10.6 Å².